The minimum Gasteiger partial charge on any atom is -0.447 e. The van der Waals surface area contributed by atoms with E-state index in [2.05, 4.69) is 5.32 Å². The molecule has 1 atom stereocenters. The third-order valence-electron chi connectivity index (χ3n) is 1.76. The summed E-state index contributed by atoms with van der Waals surface area (Å²) < 4.78 is 15.5. The van der Waals surface area contributed by atoms with Crippen LogP contribution in [0.15, 0.2) is 0 Å². The van der Waals surface area contributed by atoms with E-state index in [-0.39, 0.29) is 18.2 Å². The van der Waals surface area contributed by atoms with Gasteiger partial charge in [0.15, 0.2) is 0 Å². The van der Waals surface area contributed by atoms with Crippen LogP contribution in [0.5, 0.6) is 0 Å². The van der Waals surface area contributed by atoms with Crippen molar-refractivity contribution < 1.29 is 19.0 Å². The average Bonchev–Trinajstić information content (AvgIpc) is 2.14. The number of rotatable bonds is 2. The van der Waals surface area contributed by atoms with E-state index in [1.807, 2.05) is 20.8 Å². The molecule has 0 aromatic rings. The smallest absolute Gasteiger partial charge is 0.407 e. The van der Waals surface area contributed by atoms with Crippen LogP contribution < -0.4 is 5.32 Å². The predicted molar refractivity (Wildman–Crippen MR) is 54.8 cm³/mol. The molecule has 0 spiro atoms. The van der Waals surface area contributed by atoms with Crippen LogP contribution in [-0.2, 0) is 14.2 Å². The topological polar surface area (TPSA) is 56.8 Å². The molecule has 0 bridgehead atoms. The minimum atomic E-state index is -0.420. The normalized spacial score (nSPS) is 22.2. The highest BCUT2D eigenvalue weighted by atomic mass is 16.6. The number of amides is 1. The van der Waals surface area contributed by atoms with Crippen LogP contribution in [-0.4, -0.2) is 44.2 Å². The number of ether oxygens (including phenoxy) is 3. The summed E-state index contributed by atoms with van der Waals surface area (Å²) in [6, 6.07) is 0. The summed E-state index contributed by atoms with van der Waals surface area (Å²) in [5, 5.41) is 2.70. The number of hydrogen-bond donors (Lipinski definition) is 1. The van der Waals surface area contributed by atoms with Crippen LogP contribution in [0.2, 0.25) is 0 Å². The van der Waals surface area contributed by atoms with E-state index >= 15 is 0 Å². The third-order valence-corrected chi connectivity index (χ3v) is 1.76. The molecule has 1 rings (SSSR count). The Morgan fingerprint density at radius 3 is 2.73 bits per heavy atom. The van der Waals surface area contributed by atoms with Crippen molar-refractivity contribution >= 4 is 6.09 Å². The van der Waals surface area contributed by atoms with Gasteiger partial charge in [-0.15, -0.1) is 0 Å². The first kappa shape index (κ1) is 12.3. The first-order valence-electron chi connectivity index (χ1n) is 5.12. The van der Waals surface area contributed by atoms with Gasteiger partial charge in [0, 0.05) is 5.54 Å². The summed E-state index contributed by atoms with van der Waals surface area (Å²) in [5.74, 6) is 0. The lowest BCUT2D eigenvalue weighted by atomic mass is 10.1. The monoisotopic (exact) mass is 217 g/mol. The Morgan fingerprint density at radius 2 is 2.20 bits per heavy atom. The standard InChI is InChI=1S/C10H19NO4/c1-10(2,3)11-9(12)15-7-8-6-13-4-5-14-8/h8H,4-7H2,1-3H3,(H,11,12)/t8-/m0/s1. The second-order valence-corrected chi connectivity index (χ2v) is 4.54. The van der Waals surface area contributed by atoms with Crippen molar-refractivity contribution in [2.75, 3.05) is 26.4 Å². The zero-order valence-electron chi connectivity index (χ0n) is 9.54. The lowest BCUT2D eigenvalue weighted by Gasteiger charge is -2.24. The fourth-order valence-electron chi connectivity index (χ4n) is 1.14. The largest absolute Gasteiger partial charge is 0.447 e. The Balaban J connectivity index is 2.15. The van der Waals surface area contributed by atoms with Gasteiger partial charge in [-0.1, -0.05) is 0 Å². The molecule has 0 aliphatic carbocycles. The fourth-order valence-corrected chi connectivity index (χ4v) is 1.14. The van der Waals surface area contributed by atoms with E-state index in [0.717, 1.165) is 0 Å². The van der Waals surface area contributed by atoms with Gasteiger partial charge in [-0.05, 0) is 20.8 Å². The molecule has 0 unspecified atom stereocenters. The van der Waals surface area contributed by atoms with Gasteiger partial charge >= 0.3 is 6.09 Å². The van der Waals surface area contributed by atoms with E-state index in [1.54, 1.807) is 0 Å². The van der Waals surface area contributed by atoms with Crippen molar-refractivity contribution in [2.45, 2.75) is 32.4 Å². The molecular formula is C10H19NO4. The molecule has 5 heteroatoms. The van der Waals surface area contributed by atoms with E-state index in [4.69, 9.17) is 14.2 Å². The summed E-state index contributed by atoms with van der Waals surface area (Å²) in [6.45, 7) is 7.60. The molecule has 1 aliphatic rings. The molecule has 88 valence electrons. The number of nitrogens with one attached hydrogen (secondary N) is 1. The lowest BCUT2D eigenvalue weighted by molar-refractivity contribution is -0.106. The fraction of sp³-hybridized carbons (Fsp3) is 0.900. The summed E-state index contributed by atoms with van der Waals surface area (Å²) in [7, 11) is 0. The Kier molecular flexibility index (Phi) is 4.35. The summed E-state index contributed by atoms with van der Waals surface area (Å²) in [4.78, 5) is 11.3. The van der Waals surface area contributed by atoms with E-state index < -0.39 is 6.09 Å². The molecule has 1 N–H and O–H groups in total. The first-order valence-corrected chi connectivity index (χ1v) is 5.12. The van der Waals surface area contributed by atoms with Gasteiger partial charge in [-0.3, -0.25) is 0 Å². The molecule has 0 aromatic carbocycles. The van der Waals surface area contributed by atoms with Crippen molar-refractivity contribution in [3.8, 4) is 0 Å². The quantitative estimate of drug-likeness (QED) is 0.747. The molecule has 1 amide bonds. The Labute approximate surface area is 90.1 Å². The highest BCUT2D eigenvalue weighted by Gasteiger charge is 2.19. The molecule has 0 aromatic heterocycles. The highest BCUT2D eigenvalue weighted by molar-refractivity contribution is 5.68. The van der Waals surface area contributed by atoms with Gasteiger partial charge in [-0.2, -0.15) is 0 Å². The molecule has 5 nitrogen and oxygen atoms in total. The van der Waals surface area contributed by atoms with E-state index in [0.29, 0.717) is 19.8 Å². The van der Waals surface area contributed by atoms with Gasteiger partial charge in [-0.25, -0.2) is 4.79 Å². The van der Waals surface area contributed by atoms with Gasteiger partial charge in [0.25, 0.3) is 0 Å². The third kappa shape index (κ3) is 5.59. The van der Waals surface area contributed by atoms with Crippen LogP contribution in [0, 0.1) is 0 Å². The summed E-state index contributed by atoms with van der Waals surface area (Å²) in [5.41, 5.74) is -0.277. The van der Waals surface area contributed by atoms with Crippen molar-refractivity contribution in [3.63, 3.8) is 0 Å². The maximum Gasteiger partial charge on any atom is 0.407 e. The number of carbonyl (C=O) groups is 1. The molecule has 1 fully saturated rings. The van der Waals surface area contributed by atoms with Gasteiger partial charge < -0.3 is 19.5 Å². The molecule has 15 heavy (non-hydrogen) atoms. The van der Waals surface area contributed by atoms with Crippen LogP contribution in [0.3, 0.4) is 0 Å². The molecule has 1 heterocycles. The van der Waals surface area contributed by atoms with Crippen molar-refractivity contribution in [1.29, 1.82) is 0 Å². The van der Waals surface area contributed by atoms with Crippen molar-refractivity contribution in [3.05, 3.63) is 0 Å². The zero-order valence-corrected chi connectivity index (χ0v) is 9.54. The maximum atomic E-state index is 11.3. The second-order valence-electron chi connectivity index (χ2n) is 4.54. The SMILES string of the molecule is CC(C)(C)NC(=O)OC[C@@H]1COCCO1. The number of alkyl carbamates (subject to hydrolysis) is 1. The molecule has 0 saturated carbocycles. The van der Waals surface area contributed by atoms with Crippen LogP contribution in [0.4, 0.5) is 4.79 Å². The van der Waals surface area contributed by atoms with Crippen LogP contribution in [0.25, 0.3) is 0 Å². The maximum absolute atomic E-state index is 11.3. The number of carbonyl (C=O) groups excluding carboxylic acids is 1. The van der Waals surface area contributed by atoms with Gasteiger partial charge in [0.1, 0.15) is 12.7 Å². The Hall–Kier alpha value is -0.810. The second kappa shape index (κ2) is 5.32. The Morgan fingerprint density at radius 1 is 1.47 bits per heavy atom. The Bertz CT molecular complexity index is 206. The summed E-state index contributed by atoms with van der Waals surface area (Å²) >= 11 is 0. The molecule has 0 radical (unpaired) electrons. The number of hydrogen-bond acceptors (Lipinski definition) is 4. The van der Waals surface area contributed by atoms with Crippen molar-refractivity contribution in [2.24, 2.45) is 0 Å². The van der Waals surface area contributed by atoms with Crippen molar-refractivity contribution in [1.82, 2.24) is 5.32 Å². The van der Waals surface area contributed by atoms with Crippen LogP contribution in [0.1, 0.15) is 20.8 Å². The first-order chi connectivity index (χ1) is 6.97. The molecule has 1 saturated heterocycles. The van der Waals surface area contributed by atoms with E-state index in [9.17, 15) is 4.79 Å². The zero-order chi connectivity index (χ0) is 11.3. The predicted octanol–water partition coefficient (Wildman–Crippen LogP) is 0.926. The minimum absolute atomic E-state index is 0.135. The lowest BCUT2D eigenvalue weighted by Crippen LogP contribution is -2.42. The molecular weight excluding hydrogens is 198 g/mol. The summed E-state index contributed by atoms with van der Waals surface area (Å²) in [6.07, 6.45) is -0.554. The van der Waals surface area contributed by atoms with Gasteiger partial charge in [0.2, 0.25) is 0 Å². The molecule has 1 aliphatic heterocycles. The van der Waals surface area contributed by atoms with Gasteiger partial charge in [0.05, 0.1) is 19.8 Å². The highest BCUT2D eigenvalue weighted by Crippen LogP contribution is 2.03. The average molecular weight is 217 g/mol. The van der Waals surface area contributed by atoms with Crippen LogP contribution >= 0.6 is 0 Å². The van der Waals surface area contributed by atoms with E-state index in [1.165, 1.54) is 0 Å².